The molecule has 0 heterocycles. The normalized spacial score (nSPS) is 61.0. The Balaban J connectivity index is 1.22. The van der Waals surface area contributed by atoms with Crippen LogP contribution in [0, 0.1) is 69.5 Å². The topological polar surface area (TPSA) is 9.23 Å². The molecule has 0 radical (unpaired) electrons. The average Bonchev–Trinajstić information content (AvgIpc) is 3.47. The lowest BCUT2D eigenvalue weighted by Crippen LogP contribution is -2.57. The molecule has 32 heavy (non-hydrogen) atoms. The highest BCUT2D eigenvalue weighted by Gasteiger charge is 2.77. The fraction of sp³-hybridized carbons (Fsp3) is 1.00. The summed E-state index contributed by atoms with van der Waals surface area (Å²) in [5.74, 6) is 8.22. The van der Waals surface area contributed by atoms with Gasteiger partial charge in [-0.05, 0) is 129 Å². The molecule has 0 unspecified atom stereocenters. The third-order valence-corrected chi connectivity index (χ3v) is 14.8. The molecular formula is C30H49BrO. The van der Waals surface area contributed by atoms with Gasteiger partial charge in [0.1, 0.15) is 0 Å². The minimum atomic E-state index is 0.396. The summed E-state index contributed by atoms with van der Waals surface area (Å²) >= 11 is 4.13. The lowest BCUT2D eigenvalue weighted by Gasteiger charge is -2.61. The Morgan fingerprint density at radius 3 is 2.34 bits per heavy atom. The first-order valence-electron chi connectivity index (χ1n) is 14.2. The Kier molecular flexibility index (Phi) is 5.02. The molecule has 6 rings (SSSR count). The van der Waals surface area contributed by atoms with Gasteiger partial charge in [0.15, 0.2) is 0 Å². The minimum Gasteiger partial charge on any atom is -0.381 e. The second kappa shape index (κ2) is 7.02. The van der Waals surface area contributed by atoms with Crippen LogP contribution in [0.4, 0.5) is 0 Å². The highest BCUT2D eigenvalue weighted by atomic mass is 79.9. The van der Waals surface area contributed by atoms with Gasteiger partial charge in [-0.3, -0.25) is 0 Å². The maximum Gasteiger partial charge on any atom is 0.0638 e. The van der Waals surface area contributed by atoms with Crippen molar-refractivity contribution >= 4 is 15.9 Å². The molecular weight excluding hydrogens is 456 g/mol. The Morgan fingerprint density at radius 1 is 0.969 bits per heavy atom. The van der Waals surface area contributed by atoms with E-state index in [2.05, 4.69) is 57.5 Å². The van der Waals surface area contributed by atoms with Crippen LogP contribution in [0.1, 0.15) is 99.3 Å². The van der Waals surface area contributed by atoms with Crippen molar-refractivity contribution in [2.45, 2.75) is 110 Å². The van der Waals surface area contributed by atoms with Crippen LogP contribution in [-0.4, -0.2) is 17.5 Å². The zero-order chi connectivity index (χ0) is 22.8. The van der Waals surface area contributed by atoms with Crippen molar-refractivity contribution in [3.05, 3.63) is 0 Å². The van der Waals surface area contributed by atoms with E-state index in [1.54, 1.807) is 0 Å². The van der Waals surface area contributed by atoms with Crippen molar-refractivity contribution in [1.82, 2.24) is 0 Å². The average molecular weight is 506 g/mol. The Hall–Kier alpha value is 0.440. The minimum absolute atomic E-state index is 0.396. The SMILES string of the molecule is CO[C@@H]1C[C@H]2[C@@H]3CC[C@H]([C@H](C)C[C@H]4[C@@H](C(C)C)[C@]4(C)Br)[C@@]3(C)CC[C@@H]2[C@@]2(C)CC[C@@H]3C[C@]312. The number of methoxy groups -OCH3 is 1. The first-order chi connectivity index (χ1) is 15.0. The van der Waals surface area contributed by atoms with E-state index in [4.69, 9.17) is 4.74 Å². The molecule has 2 heteroatoms. The van der Waals surface area contributed by atoms with Crippen LogP contribution in [0.3, 0.4) is 0 Å². The monoisotopic (exact) mass is 504 g/mol. The number of rotatable bonds is 5. The van der Waals surface area contributed by atoms with Crippen LogP contribution in [0.25, 0.3) is 0 Å². The van der Waals surface area contributed by atoms with Gasteiger partial charge in [0.2, 0.25) is 0 Å². The largest absolute Gasteiger partial charge is 0.381 e. The predicted molar refractivity (Wildman–Crippen MR) is 137 cm³/mol. The predicted octanol–water partition coefficient (Wildman–Crippen LogP) is 8.35. The summed E-state index contributed by atoms with van der Waals surface area (Å²) in [5, 5.41) is 0. The van der Waals surface area contributed by atoms with Crippen LogP contribution in [0.15, 0.2) is 0 Å². The van der Waals surface area contributed by atoms with Crippen molar-refractivity contribution in [2.24, 2.45) is 69.5 Å². The van der Waals surface area contributed by atoms with Crippen LogP contribution in [0.2, 0.25) is 0 Å². The quantitative estimate of drug-likeness (QED) is 0.341. The molecule has 6 aliphatic carbocycles. The Morgan fingerprint density at radius 2 is 1.72 bits per heavy atom. The van der Waals surface area contributed by atoms with Crippen LogP contribution >= 0.6 is 15.9 Å². The van der Waals surface area contributed by atoms with Crippen molar-refractivity contribution in [2.75, 3.05) is 7.11 Å². The van der Waals surface area contributed by atoms with E-state index in [-0.39, 0.29) is 0 Å². The number of halogens is 1. The maximum atomic E-state index is 6.33. The lowest BCUT2D eigenvalue weighted by atomic mass is 9.45. The van der Waals surface area contributed by atoms with Gasteiger partial charge in [0, 0.05) is 16.8 Å². The third kappa shape index (κ3) is 2.67. The zero-order valence-electron chi connectivity index (χ0n) is 21.9. The summed E-state index contributed by atoms with van der Waals surface area (Å²) in [6.07, 6.45) is 13.8. The first-order valence-corrected chi connectivity index (χ1v) is 15.0. The fourth-order valence-corrected chi connectivity index (χ4v) is 13.4. The van der Waals surface area contributed by atoms with Gasteiger partial charge in [-0.2, -0.15) is 0 Å². The smallest absolute Gasteiger partial charge is 0.0638 e. The first kappa shape index (κ1) is 22.9. The molecule has 6 fully saturated rings. The van der Waals surface area contributed by atoms with Crippen molar-refractivity contribution in [1.29, 1.82) is 0 Å². The van der Waals surface area contributed by atoms with E-state index in [1.165, 1.54) is 57.8 Å². The van der Waals surface area contributed by atoms with Gasteiger partial charge in [-0.25, -0.2) is 0 Å². The molecule has 1 spiro atoms. The van der Waals surface area contributed by atoms with Gasteiger partial charge >= 0.3 is 0 Å². The van der Waals surface area contributed by atoms with Gasteiger partial charge in [0.05, 0.1) is 6.10 Å². The summed E-state index contributed by atoms with van der Waals surface area (Å²) in [5.41, 5.74) is 1.72. The van der Waals surface area contributed by atoms with Crippen molar-refractivity contribution in [3.63, 3.8) is 0 Å². The maximum absolute atomic E-state index is 6.33. The molecule has 0 saturated heterocycles. The number of alkyl halides is 1. The van der Waals surface area contributed by atoms with E-state index in [0.717, 1.165) is 53.3 Å². The second-order valence-electron chi connectivity index (χ2n) is 14.7. The highest BCUT2D eigenvalue weighted by Crippen LogP contribution is 2.82. The van der Waals surface area contributed by atoms with Crippen molar-refractivity contribution < 1.29 is 4.74 Å². The molecule has 0 aromatic heterocycles. The third-order valence-electron chi connectivity index (χ3n) is 13.6. The van der Waals surface area contributed by atoms with Crippen LogP contribution in [-0.2, 0) is 4.74 Å². The number of hydrogen-bond donors (Lipinski definition) is 0. The number of hydrogen-bond acceptors (Lipinski definition) is 1. The number of fused-ring (bicyclic) bond motifs is 4. The fourth-order valence-electron chi connectivity index (χ4n) is 12.2. The van der Waals surface area contributed by atoms with Crippen molar-refractivity contribution in [3.8, 4) is 0 Å². The van der Waals surface area contributed by atoms with Gasteiger partial charge in [0.25, 0.3) is 0 Å². The summed E-state index contributed by atoms with van der Waals surface area (Å²) in [6.45, 7) is 15.4. The molecule has 0 N–H and O–H groups in total. The Labute approximate surface area is 206 Å². The molecule has 0 aliphatic heterocycles. The molecule has 13 atom stereocenters. The molecule has 0 bridgehead atoms. The van der Waals surface area contributed by atoms with Gasteiger partial charge < -0.3 is 4.74 Å². The highest BCUT2D eigenvalue weighted by molar-refractivity contribution is 9.10. The molecule has 0 amide bonds. The standard InChI is InChI=1S/C30H49BrO/c1-17(2)26-24(29(26,6)31)14-18(3)21-8-9-22-20-15-25(32-7)30-16-19(30)10-13-28(30,5)23(20)11-12-27(21,22)4/h17-26H,8-16H2,1-7H3/t18-,19-,20+,21-,22+,23+,24+,25-,26-,27-,28-,29-,30+/m1/s1. The molecule has 0 aromatic rings. The zero-order valence-corrected chi connectivity index (χ0v) is 23.5. The van der Waals surface area contributed by atoms with Gasteiger partial charge in [-0.1, -0.05) is 50.5 Å². The molecule has 1 nitrogen and oxygen atoms in total. The molecule has 6 aliphatic rings. The van der Waals surface area contributed by atoms with E-state index >= 15 is 0 Å². The van der Waals surface area contributed by atoms with E-state index in [0.29, 0.717) is 26.7 Å². The summed E-state index contributed by atoms with van der Waals surface area (Å²) in [7, 11) is 2.04. The van der Waals surface area contributed by atoms with Gasteiger partial charge in [-0.15, -0.1) is 0 Å². The number of ether oxygens (including phenoxy) is 1. The summed E-state index contributed by atoms with van der Waals surface area (Å²) in [6, 6.07) is 0. The summed E-state index contributed by atoms with van der Waals surface area (Å²) in [4.78, 5) is 0. The van der Waals surface area contributed by atoms with E-state index < -0.39 is 0 Å². The summed E-state index contributed by atoms with van der Waals surface area (Å²) < 4.78 is 6.73. The van der Waals surface area contributed by atoms with Crippen LogP contribution < -0.4 is 0 Å². The molecule has 0 aromatic carbocycles. The molecule has 6 saturated carbocycles. The van der Waals surface area contributed by atoms with E-state index in [9.17, 15) is 0 Å². The Bertz CT molecular complexity index is 775. The second-order valence-corrected chi connectivity index (χ2v) is 16.4. The van der Waals surface area contributed by atoms with Crippen LogP contribution in [0.5, 0.6) is 0 Å². The van der Waals surface area contributed by atoms with E-state index in [1.807, 2.05) is 7.11 Å². The lowest BCUT2D eigenvalue weighted by molar-refractivity contribution is -0.161. The molecule has 182 valence electrons.